The van der Waals surface area contributed by atoms with Crippen molar-refractivity contribution in [2.24, 2.45) is 0 Å². The Hall–Kier alpha value is -2.48. The number of carbonyl (C=O) groups excluding carboxylic acids is 1. The van der Waals surface area contributed by atoms with E-state index in [-0.39, 0.29) is 16.4 Å². The van der Waals surface area contributed by atoms with E-state index in [9.17, 15) is 9.59 Å². The van der Waals surface area contributed by atoms with Crippen LogP contribution in [0.2, 0.25) is 0 Å². The molecule has 7 nitrogen and oxygen atoms in total. The molecule has 3 N–H and O–H groups in total. The normalized spacial score (nSPS) is 10.2. The molecule has 1 aromatic carbocycles. The minimum Gasteiger partial charge on any atom is -0.364 e. The fourth-order valence-electron chi connectivity index (χ4n) is 1.85. The van der Waals surface area contributed by atoms with Gasteiger partial charge in [0.25, 0.3) is 11.5 Å². The molecule has 0 unspecified atom stereocenters. The van der Waals surface area contributed by atoms with Crippen molar-refractivity contribution in [3.8, 4) is 0 Å². The Morgan fingerprint density at radius 1 is 1.29 bits per heavy atom. The molecule has 0 atom stereocenters. The van der Waals surface area contributed by atoms with Crippen LogP contribution in [0.5, 0.6) is 0 Å². The third kappa shape index (κ3) is 3.00. The summed E-state index contributed by atoms with van der Waals surface area (Å²) < 4.78 is 1.26. The second-order valence-electron chi connectivity index (χ2n) is 4.17. The van der Waals surface area contributed by atoms with Crippen LogP contribution in [0.3, 0.4) is 0 Å². The van der Waals surface area contributed by atoms with Crippen LogP contribution in [0.4, 0.5) is 0 Å². The van der Waals surface area contributed by atoms with Gasteiger partial charge in [0, 0.05) is 19.0 Å². The highest BCUT2D eigenvalue weighted by Gasteiger charge is 2.16. The highest BCUT2D eigenvalue weighted by molar-refractivity contribution is 7.80. The average Bonchev–Trinajstić information content (AvgIpc) is 2.52. The molecule has 21 heavy (non-hydrogen) atoms. The van der Waals surface area contributed by atoms with Gasteiger partial charge < -0.3 is 5.32 Å². The van der Waals surface area contributed by atoms with Crippen molar-refractivity contribution in [2.75, 3.05) is 7.05 Å². The van der Waals surface area contributed by atoms with Crippen molar-refractivity contribution >= 4 is 34.0 Å². The lowest BCUT2D eigenvalue weighted by atomic mass is 10.1. The summed E-state index contributed by atoms with van der Waals surface area (Å²) in [5.41, 5.74) is 4.93. The van der Waals surface area contributed by atoms with Gasteiger partial charge in [-0.25, -0.2) is 4.68 Å². The minimum atomic E-state index is -0.467. The molecule has 110 valence electrons. The Kier molecular flexibility index (Phi) is 4.49. The summed E-state index contributed by atoms with van der Waals surface area (Å²) in [5.74, 6) is -0.467. The molecule has 0 spiro atoms. The van der Waals surface area contributed by atoms with E-state index in [1.54, 1.807) is 38.2 Å². The second-order valence-corrected chi connectivity index (χ2v) is 4.58. The predicted octanol–water partition coefficient (Wildman–Crippen LogP) is 0.155. The first-order valence-corrected chi connectivity index (χ1v) is 6.77. The summed E-state index contributed by atoms with van der Waals surface area (Å²) in [6.45, 7) is 2.17. The number of benzene rings is 1. The maximum absolute atomic E-state index is 12.2. The number of amides is 1. The molecule has 0 aliphatic heterocycles. The van der Waals surface area contributed by atoms with Gasteiger partial charge in [-0.15, -0.1) is 0 Å². The Labute approximate surface area is 126 Å². The third-order valence-electron chi connectivity index (χ3n) is 2.90. The average molecular weight is 305 g/mol. The Morgan fingerprint density at radius 2 is 1.95 bits per heavy atom. The van der Waals surface area contributed by atoms with Crippen LogP contribution in [0, 0.1) is 0 Å². The molecule has 0 saturated heterocycles. The summed E-state index contributed by atoms with van der Waals surface area (Å²) in [5, 5.41) is 8.01. The summed E-state index contributed by atoms with van der Waals surface area (Å²) >= 11 is 4.88. The zero-order chi connectivity index (χ0) is 15.4. The van der Waals surface area contributed by atoms with Crippen molar-refractivity contribution < 1.29 is 4.79 Å². The number of thiocarbonyl (C=S) groups is 1. The van der Waals surface area contributed by atoms with Crippen LogP contribution in [-0.4, -0.2) is 27.8 Å². The molecule has 2 aromatic rings. The smallest absolute Gasteiger partial charge is 0.290 e. The molecule has 0 bridgehead atoms. The second kappa shape index (κ2) is 6.31. The van der Waals surface area contributed by atoms with E-state index >= 15 is 0 Å². The first-order valence-electron chi connectivity index (χ1n) is 6.36. The van der Waals surface area contributed by atoms with Gasteiger partial charge in [-0.3, -0.25) is 20.4 Å². The van der Waals surface area contributed by atoms with Gasteiger partial charge in [0.15, 0.2) is 10.8 Å². The van der Waals surface area contributed by atoms with E-state index in [2.05, 4.69) is 21.3 Å². The first-order chi connectivity index (χ1) is 10.1. The maximum atomic E-state index is 12.2. The van der Waals surface area contributed by atoms with E-state index in [0.717, 1.165) is 0 Å². The number of fused-ring (bicyclic) bond motifs is 1. The molecule has 0 saturated carbocycles. The topological polar surface area (TPSA) is 88.1 Å². The van der Waals surface area contributed by atoms with Gasteiger partial charge in [-0.2, -0.15) is 5.10 Å². The molecule has 0 fully saturated rings. The van der Waals surface area contributed by atoms with Gasteiger partial charge in [0.2, 0.25) is 0 Å². The van der Waals surface area contributed by atoms with Crippen molar-refractivity contribution in [3.05, 3.63) is 40.3 Å². The summed E-state index contributed by atoms with van der Waals surface area (Å²) in [6, 6.07) is 6.87. The zero-order valence-corrected chi connectivity index (χ0v) is 12.5. The summed E-state index contributed by atoms with van der Waals surface area (Å²) in [4.78, 5) is 24.4. The minimum absolute atomic E-state index is 0.165. The van der Waals surface area contributed by atoms with Gasteiger partial charge in [0.05, 0.1) is 5.39 Å². The van der Waals surface area contributed by atoms with Crippen molar-refractivity contribution in [1.82, 2.24) is 25.9 Å². The molecular weight excluding hydrogens is 290 g/mol. The molecule has 1 amide bonds. The van der Waals surface area contributed by atoms with E-state index in [0.29, 0.717) is 17.3 Å². The van der Waals surface area contributed by atoms with Crippen LogP contribution in [0.15, 0.2) is 29.1 Å². The fraction of sp³-hybridized carbons (Fsp3) is 0.231. The highest BCUT2D eigenvalue weighted by Crippen LogP contribution is 2.12. The number of hydrazine groups is 1. The van der Waals surface area contributed by atoms with Crippen molar-refractivity contribution in [3.63, 3.8) is 0 Å². The van der Waals surface area contributed by atoms with E-state index in [1.807, 2.05) is 0 Å². The SMILES string of the molecule is CCn1nc(C(=O)NNC(=S)NC)c2ccccc2c1=O. The first kappa shape index (κ1) is 14.9. The van der Waals surface area contributed by atoms with Gasteiger partial charge in [-0.1, -0.05) is 18.2 Å². The number of rotatable bonds is 2. The molecule has 1 aromatic heterocycles. The monoisotopic (exact) mass is 305 g/mol. The lowest BCUT2D eigenvalue weighted by Gasteiger charge is -2.11. The molecule has 2 rings (SSSR count). The summed E-state index contributed by atoms with van der Waals surface area (Å²) in [6.07, 6.45) is 0. The molecule has 0 radical (unpaired) electrons. The number of nitrogens with zero attached hydrogens (tertiary/aromatic N) is 2. The summed E-state index contributed by atoms with van der Waals surface area (Å²) in [7, 11) is 1.63. The Bertz CT molecular complexity index is 756. The third-order valence-corrected chi connectivity index (χ3v) is 3.21. The van der Waals surface area contributed by atoms with Crippen LogP contribution >= 0.6 is 12.2 Å². The van der Waals surface area contributed by atoms with Crippen LogP contribution in [0.25, 0.3) is 10.8 Å². The predicted molar refractivity (Wildman–Crippen MR) is 83.9 cm³/mol. The van der Waals surface area contributed by atoms with Gasteiger partial charge in [0.1, 0.15) is 0 Å². The quantitative estimate of drug-likeness (QED) is 0.541. The number of hydrogen-bond donors (Lipinski definition) is 3. The lowest BCUT2D eigenvalue weighted by Crippen LogP contribution is -2.46. The Balaban J connectivity index is 2.48. The van der Waals surface area contributed by atoms with Gasteiger partial charge >= 0.3 is 0 Å². The van der Waals surface area contributed by atoms with Crippen LogP contribution in [-0.2, 0) is 6.54 Å². The number of nitrogens with one attached hydrogen (secondary N) is 3. The molecule has 0 aliphatic rings. The molecular formula is C13H15N5O2S. The molecule has 1 heterocycles. The van der Waals surface area contributed by atoms with E-state index < -0.39 is 5.91 Å². The number of aryl methyl sites for hydroxylation is 1. The van der Waals surface area contributed by atoms with Crippen molar-refractivity contribution in [2.45, 2.75) is 13.5 Å². The number of hydrogen-bond acceptors (Lipinski definition) is 4. The fourth-order valence-corrected chi connectivity index (χ4v) is 1.90. The number of carbonyl (C=O) groups is 1. The molecule has 0 aliphatic carbocycles. The zero-order valence-electron chi connectivity index (χ0n) is 11.6. The Morgan fingerprint density at radius 3 is 2.57 bits per heavy atom. The lowest BCUT2D eigenvalue weighted by molar-refractivity contribution is 0.0938. The van der Waals surface area contributed by atoms with Crippen LogP contribution < -0.4 is 21.7 Å². The number of aromatic nitrogens is 2. The van der Waals surface area contributed by atoms with Crippen LogP contribution in [0.1, 0.15) is 17.4 Å². The largest absolute Gasteiger partial charge is 0.364 e. The standard InChI is InChI=1S/C13H15N5O2S/c1-3-18-12(20)9-7-5-4-6-8(9)10(17-18)11(19)15-16-13(21)14-2/h4-7H,3H2,1-2H3,(H,15,19)(H2,14,16,21). The van der Waals surface area contributed by atoms with E-state index in [1.165, 1.54) is 4.68 Å². The highest BCUT2D eigenvalue weighted by atomic mass is 32.1. The van der Waals surface area contributed by atoms with Crippen molar-refractivity contribution in [1.29, 1.82) is 0 Å². The molecule has 8 heteroatoms. The van der Waals surface area contributed by atoms with Gasteiger partial charge in [-0.05, 0) is 25.2 Å². The van der Waals surface area contributed by atoms with E-state index in [4.69, 9.17) is 12.2 Å². The maximum Gasteiger partial charge on any atom is 0.290 e.